The van der Waals surface area contributed by atoms with Crippen molar-refractivity contribution in [3.63, 3.8) is 0 Å². The number of benzene rings is 2. The lowest BCUT2D eigenvalue weighted by atomic mass is 10.2. The second-order valence-electron chi connectivity index (χ2n) is 7.01. The summed E-state index contributed by atoms with van der Waals surface area (Å²) in [5, 5.41) is 3.32. The number of hydrogen-bond acceptors (Lipinski definition) is 7. The fraction of sp³-hybridized carbons (Fsp3) is 0.167. The summed E-state index contributed by atoms with van der Waals surface area (Å²) in [5.74, 6) is -0.553. The highest BCUT2D eigenvalue weighted by atomic mass is 32.1. The SMILES string of the molecule is O=C(N[C@@H](Cc1nc2cnccc2s1)C(=O)OCc1ccccc1)OCc1ccccc1. The van der Waals surface area contributed by atoms with Crippen LogP contribution in [0.4, 0.5) is 4.79 Å². The molecule has 0 saturated carbocycles. The minimum absolute atomic E-state index is 0.102. The first-order valence-corrected chi connectivity index (χ1v) is 10.9. The first-order chi connectivity index (χ1) is 15.7. The zero-order valence-electron chi connectivity index (χ0n) is 17.1. The second-order valence-corrected chi connectivity index (χ2v) is 8.12. The maximum Gasteiger partial charge on any atom is 0.408 e. The van der Waals surface area contributed by atoms with E-state index in [1.807, 2.05) is 66.7 Å². The Kier molecular flexibility index (Phi) is 7.04. The Hall–Kier alpha value is -3.78. The van der Waals surface area contributed by atoms with Gasteiger partial charge in [-0.2, -0.15) is 0 Å². The predicted octanol–water partition coefficient (Wildman–Crippen LogP) is 4.27. The molecule has 32 heavy (non-hydrogen) atoms. The lowest BCUT2D eigenvalue weighted by Crippen LogP contribution is -2.43. The minimum atomic E-state index is -0.935. The van der Waals surface area contributed by atoms with Gasteiger partial charge in [-0.15, -0.1) is 11.3 Å². The zero-order valence-corrected chi connectivity index (χ0v) is 18.0. The van der Waals surface area contributed by atoms with Gasteiger partial charge in [0.05, 0.1) is 21.4 Å². The van der Waals surface area contributed by atoms with Crippen LogP contribution in [0.15, 0.2) is 79.1 Å². The van der Waals surface area contributed by atoms with Crippen LogP contribution < -0.4 is 5.32 Å². The summed E-state index contributed by atoms with van der Waals surface area (Å²) in [6.07, 6.45) is 2.85. The number of nitrogens with zero attached hydrogens (tertiary/aromatic N) is 2. The van der Waals surface area contributed by atoms with Gasteiger partial charge in [-0.25, -0.2) is 14.6 Å². The topological polar surface area (TPSA) is 90.4 Å². The van der Waals surface area contributed by atoms with Crippen LogP contribution in [0.3, 0.4) is 0 Å². The number of carbonyl (C=O) groups excluding carboxylic acids is 2. The monoisotopic (exact) mass is 447 g/mol. The van der Waals surface area contributed by atoms with Crippen molar-refractivity contribution in [2.45, 2.75) is 25.7 Å². The Morgan fingerprint density at radius 1 is 0.906 bits per heavy atom. The van der Waals surface area contributed by atoms with E-state index < -0.39 is 18.1 Å². The van der Waals surface area contributed by atoms with Crippen LogP contribution in [0.25, 0.3) is 10.2 Å². The number of thiazole rings is 1. The molecule has 0 saturated heterocycles. The van der Waals surface area contributed by atoms with Gasteiger partial charge in [-0.3, -0.25) is 4.98 Å². The third kappa shape index (κ3) is 5.89. The molecule has 8 heteroatoms. The number of fused-ring (bicyclic) bond motifs is 1. The molecule has 4 rings (SSSR count). The van der Waals surface area contributed by atoms with Crippen LogP contribution in [-0.2, 0) is 33.9 Å². The van der Waals surface area contributed by atoms with Crippen LogP contribution >= 0.6 is 11.3 Å². The summed E-state index contributed by atoms with van der Waals surface area (Å²) in [7, 11) is 0. The molecule has 2 aromatic heterocycles. The fourth-order valence-corrected chi connectivity index (χ4v) is 4.00. The molecule has 0 fully saturated rings. The van der Waals surface area contributed by atoms with Gasteiger partial charge in [0.15, 0.2) is 0 Å². The third-order valence-corrected chi connectivity index (χ3v) is 5.68. The Labute approximate surface area is 189 Å². The first kappa shape index (κ1) is 21.5. The summed E-state index contributed by atoms with van der Waals surface area (Å²) in [6.45, 7) is 0.214. The highest BCUT2D eigenvalue weighted by Gasteiger charge is 2.25. The molecule has 1 amide bonds. The molecular weight excluding hydrogens is 426 g/mol. The van der Waals surface area contributed by atoms with Crippen LogP contribution in [0.1, 0.15) is 16.1 Å². The molecule has 0 aliphatic rings. The number of nitrogens with one attached hydrogen (secondary N) is 1. The number of esters is 1. The van der Waals surface area contributed by atoms with E-state index in [9.17, 15) is 9.59 Å². The number of carbonyl (C=O) groups is 2. The van der Waals surface area contributed by atoms with Gasteiger partial charge in [0.2, 0.25) is 0 Å². The number of ether oxygens (including phenoxy) is 2. The Morgan fingerprint density at radius 3 is 2.22 bits per heavy atom. The molecule has 0 unspecified atom stereocenters. The Balaban J connectivity index is 1.43. The van der Waals surface area contributed by atoms with Crippen molar-refractivity contribution in [3.8, 4) is 0 Å². The standard InChI is InChI=1S/C24H21N3O4S/c28-23(30-15-17-7-3-1-4-8-17)19(13-22-26-20-14-25-12-11-21(20)32-22)27-24(29)31-16-18-9-5-2-6-10-18/h1-12,14,19H,13,15-16H2,(H,27,29)/t19-/m0/s1. The molecule has 162 valence electrons. The van der Waals surface area contributed by atoms with Crippen molar-refractivity contribution in [2.24, 2.45) is 0 Å². The van der Waals surface area contributed by atoms with E-state index in [0.717, 1.165) is 21.3 Å². The molecule has 0 bridgehead atoms. The second kappa shape index (κ2) is 10.5. The van der Waals surface area contributed by atoms with Crippen molar-refractivity contribution in [2.75, 3.05) is 0 Å². The lowest BCUT2D eigenvalue weighted by molar-refractivity contribution is -0.147. The van der Waals surface area contributed by atoms with Crippen molar-refractivity contribution < 1.29 is 19.1 Å². The molecule has 0 aliphatic heterocycles. The maximum atomic E-state index is 12.8. The van der Waals surface area contributed by atoms with Gasteiger partial charge in [-0.05, 0) is 17.2 Å². The summed E-state index contributed by atoms with van der Waals surface area (Å²) >= 11 is 1.44. The van der Waals surface area contributed by atoms with E-state index in [-0.39, 0.29) is 19.6 Å². The number of hydrogen-bond donors (Lipinski definition) is 1. The Morgan fingerprint density at radius 2 is 1.56 bits per heavy atom. The van der Waals surface area contributed by atoms with Crippen LogP contribution in [0.5, 0.6) is 0 Å². The summed E-state index contributed by atoms with van der Waals surface area (Å²) in [4.78, 5) is 33.8. The van der Waals surface area contributed by atoms with Crippen LogP contribution in [-0.4, -0.2) is 28.1 Å². The summed E-state index contributed by atoms with van der Waals surface area (Å²) in [6, 6.07) is 19.6. The van der Waals surface area contributed by atoms with Gasteiger partial charge in [0.1, 0.15) is 19.3 Å². The smallest absolute Gasteiger partial charge is 0.408 e. The van der Waals surface area contributed by atoms with Gasteiger partial charge in [-0.1, -0.05) is 60.7 Å². The average Bonchev–Trinajstić information content (AvgIpc) is 3.24. The molecule has 1 atom stereocenters. The van der Waals surface area contributed by atoms with E-state index in [0.29, 0.717) is 5.01 Å². The third-order valence-electron chi connectivity index (χ3n) is 4.63. The molecule has 7 nitrogen and oxygen atoms in total. The van der Waals surface area contributed by atoms with Gasteiger partial charge in [0.25, 0.3) is 0 Å². The highest BCUT2D eigenvalue weighted by molar-refractivity contribution is 7.18. The van der Waals surface area contributed by atoms with E-state index in [1.165, 1.54) is 11.3 Å². The molecule has 4 aromatic rings. The highest BCUT2D eigenvalue weighted by Crippen LogP contribution is 2.22. The molecule has 2 heterocycles. The fourth-order valence-electron chi connectivity index (χ4n) is 3.02. The molecule has 0 radical (unpaired) electrons. The van der Waals surface area contributed by atoms with E-state index in [1.54, 1.807) is 12.4 Å². The summed E-state index contributed by atoms with van der Waals surface area (Å²) < 4.78 is 11.7. The van der Waals surface area contributed by atoms with Crippen molar-refractivity contribution in [3.05, 3.63) is 95.3 Å². The van der Waals surface area contributed by atoms with Crippen molar-refractivity contribution >= 4 is 33.6 Å². The maximum absolute atomic E-state index is 12.8. The van der Waals surface area contributed by atoms with Crippen LogP contribution in [0.2, 0.25) is 0 Å². The quantitative estimate of drug-likeness (QED) is 0.406. The van der Waals surface area contributed by atoms with Gasteiger partial charge in [0, 0.05) is 12.6 Å². The number of amides is 1. The number of pyridine rings is 1. The minimum Gasteiger partial charge on any atom is -0.459 e. The van der Waals surface area contributed by atoms with E-state index in [2.05, 4.69) is 15.3 Å². The lowest BCUT2D eigenvalue weighted by Gasteiger charge is -2.17. The first-order valence-electron chi connectivity index (χ1n) is 10.0. The number of aromatic nitrogens is 2. The van der Waals surface area contributed by atoms with Gasteiger partial charge >= 0.3 is 12.1 Å². The zero-order chi connectivity index (χ0) is 22.2. The normalized spacial score (nSPS) is 11.6. The largest absolute Gasteiger partial charge is 0.459 e. The average molecular weight is 448 g/mol. The van der Waals surface area contributed by atoms with E-state index in [4.69, 9.17) is 9.47 Å². The molecule has 0 spiro atoms. The van der Waals surface area contributed by atoms with E-state index >= 15 is 0 Å². The molecule has 1 N–H and O–H groups in total. The van der Waals surface area contributed by atoms with Crippen LogP contribution in [0, 0.1) is 0 Å². The summed E-state index contributed by atoms with van der Waals surface area (Å²) in [5.41, 5.74) is 2.46. The van der Waals surface area contributed by atoms with Crippen molar-refractivity contribution in [1.29, 1.82) is 0 Å². The predicted molar refractivity (Wildman–Crippen MR) is 121 cm³/mol. The number of rotatable bonds is 8. The number of alkyl carbamates (subject to hydrolysis) is 1. The van der Waals surface area contributed by atoms with Crippen molar-refractivity contribution in [1.82, 2.24) is 15.3 Å². The molecular formula is C24H21N3O4S. The van der Waals surface area contributed by atoms with Gasteiger partial charge < -0.3 is 14.8 Å². The molecule has 2 aromatic carbocycles. The molecule has 0 aliphatic carbocycles. The Bertz CT molecular complexity index is 1150.